The lowest BCUT2D eigenvalue weighted by Crippen LogP contribution is -2.44. The Morgan fingerprint density at radius 1 is 1.19 bits per heavy atom. The third kappa shape index (κ3) is 7.68. The summed E-state index contributed by atoms with van der Waals surface area (Å²) < 4.78 is 13.1. The molecule has 1 aromatic heterocycles. The van der Waals surface area contributed by atoms with Gasteiger partial charge in [-0.3, -0.25) is 9.78 Å². The summed E-state index contributed by atoms with van der Waals surface area (Å²) in [6, 6.07) is 11.4. The van der Waals surface area contributed by atoms with Gasteiger partial charge in [0.2, 0.25) is 5.91 Å². The van der Waals surface area contributed by atoms with E-state index in [4.69, 9.17) is 5.73 Å². The maximum atomic E-state index is 13.1. The molecule has 2 rings (SSSR count). The SMILES string of the molecule is CCCC(N)C(=O)N(CCc1ccccn1)Cc1ccc(F)cc1.Cl.Cl. The second-order valence-corrected chi connectivity index (χ2v) is 5.85. The van der Waals surface area contributed by atoms with Gasteiger partial charge in [-0.2, -0.15) is 0 Å². The van der Waals surface area contributed by atoms with E-state index in [1.54, 1.807) is 23.2 Å². The van der Waals surface area contributed by atoms with Crippen molar-refractivity contribution in [1.82, 2.24) is 9.88 Å². The molecule has 1 heterocycles. The van der Waals surface area contributed by atoms with Gasteiger partial charge in [-0.05, 0) is 36.2 Å². The van der Waals surface area contributed by atoms with Gasteiger partial charge in [0, 0.05) is 31.4 Å². The first-order valence-corrected chi connectivity index (χ1v) is 8.29. The van der Waals surface area contributed by atoms with E-state index in [1.807, 2.05) is 25.1 Å². The van der Waals surface area contributed by atoms with Crippen LogP contribution >= 0.6 is 24.8 Å². The number of aromatic nitrogens is 1. The Balaban J connectivity index is 0.00000312. The molecule has 1 amide bonds. The van der Waals surface area contributed by atoms with Gasteiger partial charge >= 0.3 is 0 Å². The zero-order chi connectivity index (χ0) is 17.4. The average Bonchev–Trinajstić information content (AvgIpc) is 2.60. The van der Waals surface area contributed by atoms with Crippen molar-refractivity contribution in [2.75, 3.05) is 6.54 Å². The van der Waals surface area contributed by atoms with Crippen LogP contribution in [0.4, 0.5) is 4.39 Å². The molecule has 1 unspecified atom stereocenters. The minimum absolute atomic E-state index is 0. The van der Waals surface area contributed by atoms with Crippen LogP contribution in [-0.2, 0) is 17.8 Å². The lowest BCUT2D eigenvalue weighted by atomic mass is 10.1. The van der Waals surface area contributed by atoms with Crippen molar-refractivity contribution >= 4 is 30.7 Å². The minimum Gasteiger partial charge on any atom is -0.337 e. The van der Waals surface area contributed by atoms with Crippen LogP contribution < -0.4 is 5.73 Å². The minimum atomic E-state index is -0.501. The maximum Gasteiger partial charge on any atom is 0.239 e. The molecule has 144 valence electrons. The van der Waals surface area contributed by atoms with Crippen LogP contribution in [0.25, 0.3) is 0 Å². The summed E-state index contributed by atoms with van der Waals surface area (Å²) in [7, 11) is 0. The number of rotatable bonds is 8. The molecule has 7 heteroatoms. The highest BCUT2D eigenvalue weighted by molar-refractivity contribution is 5.85. The summed E-state index contributed by atoms with van der Waals surface area (Å²) in [4.78, 5) is 18.7. The molecule has 0 aliphatic carbocycles. The Kier molecular flexibility index (Phi) is 11.8. The number of hydrogen-bond donors (Lipinski definition) is 1. The van der Waals surface area contributed by atoms with Crippen molar-refractivity contribution < 1.29 is 9.18 Å². The molecule has 0 aliphatic rings. The summed E-state index contributed by atoms with van der Waals surface area (Å²) in [6.45, 7) is 2.96. The summed E-state index contributed by atoms with van der Waals surface area (Å²) in [6.07, 6.45) is 3.91. The number of benzene rings is 1. The summed E-state index contributed by atoms with van der Waals surface area (Å²) >= 11 is 0. The maximum absolute atomic E-state index is 13.1. The van der Waals surface area contributed by atoms with Crippen LogP contribution in [0.5, 0.6) is 0 Å². The lowest BCUT2D eigenvalue weighted by Gasteiger charge is -2.26. The van der Waals surface area contributed by atoms with E-state index in [0.29, 0.717) is 25.9 Å². The van der Waals surface area contributed by atoms with Gasteiger partial charge in [0.25, 0.3) is 0 Å². The Morgan fingerprint density at radius 2 is 1.88 bits per heavy atom. The number of carbonyl (C=O) groups is 1. The second kappa shape index (κ2) is 12.6. The highest BCUT2D eigenvalue weighted by atomic mass is 35.5. The van der Waals surface area contributed by atoms with Crippen molar-refractivity contribution in [2.45, 2.75) is 38.8 Å². The molecule has 0 spiro atoms. The van der Waals surface area contributed by atoms with Crippen LogP contribution in [0, 0.1) is 5.82 Å². The molecule has 0 radical (unpaired) electrons. The molecular formula is C19H26Cl2FN3O. The van der Waals surface area contributed by atoms with E-state index in [-0.39, 0.29) is 36.5 Å². The molecule has 0 fully saturated rings. The molecule has 2 aromatic rings. The number of hydrogen-bond acceptors (Lipinski definition) is 3. The first-order chi connectivity index (χ1) is 11.6. The predicted octanol–water partition coefficient (Wildman–Crippen LogP) is 3.76. The van der Waals surface area contributed by atoms with Crippen molar-refractivity contribution in [3.05, 3.63) is 65.7 Å². The van der Waals surface area contributed by atoms with E-state index >= 15 is 0 Å². The fraction of sp³-hybridized carbons (Fsp3) is 0.368. The van der Waals surface area contributed by atoms with Crippen molar-refractivity contribution in [3.63, 3.8) is 0 Å². The summed E-state index contributed by atoms with van der Waals surface area (Å²) in [5.41, 5.74) is 7.82. The second-order valence-electron chi connectivity index (χ2n) is 5.85. The molecule has 1 atom stereocenters. The Hall–Kier alpha value is -1.69. The predicted molar refractivity (Wildman–Crippen MR) is 107 cm³/mol. The number of halogens is 3. The van der Waals surface area contributed by atoms with Gasteiger partial charge in [0.15, 0.2) is 0 Å². The number of carbonyl (C=O) groups excluding carboxylic acids is 1. The smallest absolute Gasteiger partial charge is 0.239 e. The number of amides is 1. The van der Waals surface area contributed by atoms with Crippen molar-refractivity contribution in [3.8, 4) is 0 Å². The van der Waals surface area contributed by atoms with E-state index < -0.39 is 6.04 Å². The molecule has 0 bridgehead atoms. The third-order valence-corrected chi connectivity index (χ3v) is 3.88. The average molecular weight is 402 g/mol. The van der Waals surface area contributed by atoms with Gasteiger partial charge in [-0.15, -0.1) is 24.8 Å². The Labute approximate surface area is 166 Å². The van der Waals surface area contributed by atoms with Gasteiger partial charge in [-0.25, -0.2) is 4.39 Å². The largest absolute Gasteiger partial charge is 0.337 e. The molecule has 0 saturated heterocycles. The zero-order valence-corrected chi connectivity index (χ0v) is 16.4. The van der Waals surface area contributed by atoms with Crippen LogP contribution in [0.3, 0.4) is 0 Å². The van der Waals surface area contributed by atoms with E-state index in [9.17, 15) is 9.18 Å². The van der Waals surface area contributed by atoms with Gasteiger partial charge in [0.05, 0.1) is 6.04 Å². The third-order valence-electron chi connectivity index (χ3n) is 3.88. The molecule has 4 nitrogen and oxygen atoms in total. The molecule has 0 aliphatic heterocycles. The Bertz CT molecular complexity index is 641. The Morgan fingerprint density at radius 3 is 2.46 bits per heavy atom. The number of nitrogens with two attached hydrogens (primary N) is 1. The first-order valence-electron chi connectivity index (χ1n) is 8.29. The standard InChI is InChI=1S/C19H24FN3O.2ClH/c1-2-5-18(21)19(24)23(13-11-17-6-3-4-12-22-17)14-15-7-9-16(20)10-8-15;;/h3-4,6-10,12,18H,2,5,11,13-14,21H2,1H3;2*1H. The topological polar surface area (TPSA) is 59.2 Å². The van der Waals surface area contributed by atoms with Gasteiger partial charge < -0.3 is 10.6 Å². The fourth-order valence-electron chi connectivity index (χ4n) is 2.54. The molecular weight excluding hydrogens is 376 g/mol. The van der Waals surface area contributed by atoms with Crippen molar-refractivity contribution in [1.29, 1.82) is 0 Å². The molecule has 2 N–H and O–H groups in total. The fourth-order valence-corrected chi connectivity index (χ4v) is 2.54. The molecule has 0 saturated carbocycles. The molecule has 1 aromatic carbocycles. The zero-order valence-electron chi connectivity index (χ0n) is 14.8. The van der Waals surface area contributed by atoms with Crippen LogP contribution in [-0.4, -0.2) is 28.4 Å². The summed E-state index contributed by atoms with van der Waals surface area (Å²) in [5, 5.41) is 0. The van der Waals surface area contributed by atoms with Gasteiger partial charge in [-0.1, -0.05) is 31.5 Å². The first kappa shape index (κ1) is 24.3. The van der Waals surface area contributed by atoms with Gasteiger partial charge in [0.1, 0.15) is 5.82 Å². The highest BCUT2D eigenvalue weighted by Gasteiger charge is 2.20. The van der Waals surface area contributed by atoms with Crippen LogP contribution in [0.2, 0.25) is 0 Å². The van der Waals surface area contributed by atoms with E-state index in [0.717, 1.165) is 17.7 Å². The monoisotopic (exact) mass is 401 g/mol. The van der Waals surface area contributed by atoms with E-state index in [2.05, 4.69) is 4.98 Å². The lowest BCUT2D eigenvalue weighted by molar-refractivity contribution is -0.133. The highest BCUT2D eigenvalue weighted by Crippen LogP contribution is 2.10. The quantitative estimate of drug-likeness (QED) is 0.732. The number of pyridine rings is 1. The summed E-state index contributed by atoms with van der Waals surface area (Å²) in [5.74, 6) is -0.357. The normalized spacial score (nSPS) is 11.0. The van der Waals surface area contributed by atoms with Crippen LogP contribution in [0.15, 0.2) is 48.7 Å². The van der Waals surface area contributed by atoms with Crippen molar-refractivity contribution in [2.24, 2.45) is 5.73 Å². The van der Waals surface area contributed by atoms with E-state index in [1.165, 1.54) is 12.1 Å². The number of nitrogens with zero attached hydrogens (tertiary/aromatic N) is 2. The molecule has 26 heavy (non-hydrogen) atoms. The van der Waals surface area contributed by atoms with Crippen LogP contribution in [0.1, 0.15) is 31.0 Å².